The van der Waals surface area contributed by atoms with Crippen molar-refractivity contribution in [1.29, 1.82) is 0 Å². The molecule has 0 saturated carbocycles. The molecular weight excluding hydrogens is 282 g/mol. The second-order valence-electron chi connectivity index (χ2n) is 5.75. The number of hydrogen-bond acceptors (Lipinski definition) is 3. The monoisotopic (exact) mass is 303 g/mol. The summed E-state index contributed by atoms with van der Waals surface area (Å²) >= 11 is 0. The Morgan fingerprint density at radius 1 is 1.18 bits per heavy atom. The molecule has 0 aliphatic carbocycles. The smallest absolute Gasteiger partial charge is 0.313 e. The minimum absolute atomic E-state index is 0.116. The molecule has 3 amide bonds. The highest BCUT2D eigenvalue weighted by Crippen LogP contribution is 2.22. The Morgan fingerprint density at radius 2 is 1.86 bits per heavy atom. The third-order valence-electron chi connectivity index (χ3n) is 3.39. The van der Waals surface area contributed by atoms with E-state index >= 15 is 0 Å². The molecule has 1 heterocycles. The molecule has 1 aliphatic rings. The van der Waals surface area contributed by atoms with Crippen molar-refractivity contribution in [1.82, 2.24) is 5.32 Å². The number of rotatable bonds is 4. The molecule has 1 aromatic carbocycles. The van der Waals surface area contributed by atoms with Gasteiger partial charge in [0.25, 0.3) is 0 Å². The SMILES string of the molecule is CC(C)CNC(=O)C(=O)Nc1ccc(N2CCCC2=O)cc1. The maximum Gasteiger partial charge on any atom is 0.313 e. The van der Waals surface area contributed by atoms with Crippen LogP contribution in [0.5, 0.6) is 0 Å². The molecular formula is C16H21N3O3. The Bertz CT molecular complexity index is 567. The fourth-order valence-electron chi connectivity index (χ4n) is 2.21. The normalized spacial score (nSPS) is 14.3. The zero-order chi connectivity index (χ0) is 16.1. The number of nitrogens with one attached hydrogen (secondary N) is 2. The van der Waals surface area contributed by atoms with Crippen molar-refractivity contribution in [3.05, 3.63) is 24.3 Å². The molecule has 0 radical (unpaired) electrons. The van der Waals surface area contributed by atoms with Crippen LogP contribution in [0.3, 0.4) is 0 Å². The van der Waals surface area contributed by atoms with E-state index < -0.39 is 11.8 Å². The Morgan fingerprint density at radius 3 is 2.41 bits per heavy atom. The molecule has 2 rings (SSSR count). The van der Waals surface area contributed by atoms with E-state index in [2.05, 4.69) is 10.6 Å². The fraction of sp³-hybridized carbons (Fsp3) is 0.438. The predicted molar refractivity (Wildman–Crippen MR) is 84.5 cm³/mol. The molecule has 6 nitrogen and oxygen atoms in total. The zero-order valence-electron chi connectivity index (χ0n) is 12.9. The van der Waals surface area contributed by atoms with Gasteiger partial charge in [-0.25, -0.2) is 0 Å². The topological polar surface area (TPSA) is 78.5 Å². The summed E-state index contributed by atoms with van der Waals surface area (Å²) in [7, 11) is 0. The Balaban J connectivity index is 1.92. The maximum absolute atomic E-state index is 11.7. The highest BCUT2D eigenvalue weighted by atomic mass is 16.2. The van der Waals surface area contributed by atoms with Crippen LogP contribution in [0, 0.1) is 5.92 Å². The van der Waals surface area contributed by atoms with Crippen LogP contribution in [-0.4, -0.2) is 30.8 Å². The van der Waals surface area contributed by atoms with Crippen LogP contribution in [0.4, 0.5) is 11.4 Å². The molecule has 1 aliphatic heterocycles. The molecule has 0 spiro atoms. The summed E-state index contributed by atoms with van der Waals surface area (Å²) in [4.78, 5) is 36.7. The molecule has 2 N–H and O–H groups in total. The summed E-state index contributed by atoms with van der Waals surface area (Å²) in [6.07, 6.45) is 1.45. The number of nitrogens with zero attached hydrogens (tertiary/aromatic N) is 1. The predicted octanol–water partition coefficient (Wildman–Crippen LogP) is 1.52. The molecule has 0 unspecified atom stereocenters. The lowest BCUT2D eigenvalue weighted by atomic mass is 10.2. The van der Waals surface area contributed by atoms with E-state index in [9.17, 15) is 14.4 Å². The summed E-state index contributed by atoms with van der Waals surface area (Å²) in [5.41, 5.74) is 1.34. The molecule has 1 saturated heterocycles. The third-order valence-corrected chi connectivity index (χ3v) is 3.39. The average Bonchev–Trinajstić information content (AvgIpc) is 2.91. The van der Waals surface area contributed by atoms with E-state index in [1.54, 1.807) is 29.2 Å². The van der Waals surface area contributed by atoms with Gasteiger partial charge in [-0.15, -0.1) is 0 Å². The Kier molecular flexibility index (Phi) is 5.14. The molecule has 0 atom stereocenters. The third kappa shape index (κ3) is 4.07. The molecule has 118 valence electrons. The molecule has 6 heteroatoms. The van der Waals surface area contributed by atoms with Gasteiger partial charge < -0.3 is 15.5 Å². The molecule has 0 aromatic heterocycles. The van der Waals surface area contributed by atoms with E-state index in [-0.39, 0.29) is 11.8 Å². The number of amides is 3. The molecule has 0 bridgehead atoms. The first-order valence-electron chi connectivity index (χ1n) is 7.47. The first kappa shape index (κ1) is 16.0. The quantitative estimate of drug-likeness (QED) is 0.828. The van der Waals surface area contributed by atoms with Gasteiger partial charge in [0.2, 0.25) is 5.91 Å². The summed E-state index contributed by atoms with van der Waals surface area (Å²) in [5, 5.41) is 5.10. The molecule has 1 fully saturated rings. The van der Waals surface area contributed by atoms with Crippen molar-refractivity contribution in [2.24, 2.45) is 5.92 Å². The second kappa shape index (κ2) is 7.06. The van der Waals surface area contributed by atoms with Crippen molar-refractivity contribution in [2.45, 2.75) is 26.7 Å². The fourth-order valence-corrected chi connectivity index (χ4v) is 2.21. The highest BCUT2D eigenvalue weighted by molar-refractivity contribution is 6.39. The van der Waals surface area contributed by atoms with E-state index in [1.807, 2.05) is 13.8 Å². The van der Waals surface area contributed by atoms with E-state index in [0.717, 1.165) is 18.7 Å². The van der Waals surface area contributed by atoms with Gasteiger partial charge in [0.05, 0.1) is 0 Å². The van der Waals surface area contributed by atoms with Crippen LogP contribution in [0.1, 0.15) is 26.7 Å². The lowest BCUT2D eigenvalue weighted by Crippen LogP contribution is -2.37. The van der Waals surface area contributed by atoms with Crippen molar-refractivity contribution in [3.63, 3.8) is 0 Å². The summed E-state index contributed by atoms with van der Waals surface area (Å²) in [5.74, 6) is -0.933. The maximum atomic E-state index is 11.7. The minimum Gasteiger partial charge on any atom is -0.348 e. The van der Waals surface area contributed by atoms with E-state index in [1.165, 1.54) is 0 Å². The lowest BCUT2D eigenvalue weighted by molar-refractivity contribution is -0.136. The van der Waals surface area contributed by atoms with Gasteiger partial charge in [-0.2, -0.15) is 0 Å². The first-order valence-corrected chi connectivity index (χ1v) is 7.47. The number of carbonyl (C=O) groups is 3. The Labute approximate surface area is 129 Å². The van der Waals surface area contributed by atoms with Gasteiger partial charge in [0.1, 0.15) is 0 Å². The number of hydrogen-bond donors (Lipinski definition) is 2. The van der Waals surface area contributed by atoms with Crippen LogP contribution >= 0.6 is 0 Å². The lowest BCUT2D eigenvalue weighted by Gasteiger charge is -2.16. The zero-order valence-corrected chi connectivity index (χ0v) is 12.9. The number of carbonyl (C=O) groups excluding carboxylic acids is 3. The van der Waals surface area contributed by atoms with Gasteiger partial charge >= 0.3 is 11.8 Å². The summed E-state index contributed by atoms with van der Waals surface area (Å²) in [6, 6.07) is 6.92. The summed E-state index contributed by atoms with van der Waals surface area (Å²) < 4.78 is 0. The minimum atomic E-state index is -0.689. The van der Waals surface area contributed by atoms with E-state index in [0.29, 0.717) is 18.7 Å². The van der Waals surface area contributed by atoms with Gasteiger partial charge in [-0.3, -0.25) is 14.4 Å². The van der Waals surface area contributed by atoms with Crippen molar-refractivity contribution >= 4 is 29.1 Å². The van der Waals surface area contributed by atoms with Crippen molar-refractivity contribution in [3.8, 4) is 0 Å². The summed E-state index contributed by atoms with van der Waals surface area (Å²) in [6.45, 7) is 5.09. The average molecular weight is 303 g/mol. The molecule has 22 heavy (non-hydrogen) atoms. The van der Waals surface area contributed by atoms with Crippen molar-refractivity contribution in [2.75, 3.05) is 23.3 Å². The van der Waals surface area contributed by atoms with Gasteiger partial charge in [-0.1, -0.05) is 13.8 Å². The largest absolute Gasteiger partial charge is 0.348 e. The number of benzene rings is 1. The first-order chi connectivity index (χ1) is 10.5. The van der Waals surface area contributed by atoms with Crippen LogP contribution in [-0.2, 0) is 14.4 Å². The second-order valence-corrected chi connectivity index (χ2v) is 5.75. The van der Waals surface area contributed by atoms with Gasteiger partial charge in [0, 0.05) is 30.9 Å². The van der Waals surface area contributed by atoms with Crippen LogP contribution < -0.4 is 15.5 Å². The Hall–Kier alpha value is -2.37. The molecule has 1 aromatic rings. The van der Waals surface area contributed by atoms with E-state index in [4.69, 9.17) is 0 Å². The number of anilines is 2. The van der Waals surface area contributed by atoms with Crippen molar-refractivity contribution < 1.29 is 14.4 Å². The van der Waals surface area contributed by atoms with Crippen LogP contribution in [0.2, 0.25) is 0 Å². The van der Waals surface area contributed by atoms with Gasteiger partial charge in [0.15, 0.2) is 0 Å². The van der Waals surface area contributed by atoms with Crippen LogP contribution in [0.25, 0.3) is 0 Å². The highest BCUT2D eigenvalue weighted by Gasteiger charge is 2.21. The van der Waals surface area contributed by atoms with Crippen LogP contribution in [0.15, 0.2) is 24.3 Å². The standard InChI is InChI=1S/C16H21N3O3/c1-11(2)10-17-15(21)16(22)18-12-5-7-13(8-6-12)19-9-3-4-14(19)20/h5-8,11H,3-4,9-10H2,1-2H3,(H,17,21)(H,18,22). The van der Waals surface area contributed by atoms with Gasteiger partial charge in [-0.05, 0) is 36.6 Å².